The van der Waals surface area contributed by atoms with E-state index in [9.17, 15) is 14.7 Å². The standard InChI is InChI=1S/C15H26N2O3/c1-15(2,3)9-10-16-12(18)6-4-5-11-17-13(19)7-8-14(17)20/h7-8,13,19H,4-6,9-11H2,1-3H3,(H,16,18). The van der Waals surface area contributed by atoms with Gasteiger partial charge in [0, 0.05) is 25.6 Å². The molecule has 0 aliphatic carbocycles. The van der Waals surface area contributed by atoms with Gasteiger partial charge in [0.15, 0.2) is 0 Å². The van der Waals surface area contributed by atoms with Gasteiger partial charge in [-0.1, -0.05) is 20.8 Å². The number of hydrogen-bond donors (Lipinski definition) is 2. The summed E-state index contributed by atoms with van der Waals surface area (Å²) in [5.41, 5.74) is 0.229. The second-order valence-corrected chi connectivity index (χ2v) is 6.42. The Morgan fingerprint density at radius 2 is 2.10 bits per heavy atom. The Balaban J connectivity index is 2.06. The van der Waals surface area contributed by atoms with E-state index in [0.717, 1.165) is 19.3 Å². The topological polar surface area (TPSA) is 69.6 Å². The molecule has 0 fully saturated rings. The summed E-state index contributed by atoms with van der Waals surface area (Å²) in [5.74, 6) is -0.104. The van der Waals surface area contributed by atoms with Crippen molar-refractivity contribution in [3.63, 3.8) is 0 Å². The fourth-order valence-corrected chi connectivity index (χ4v) is 1.97. The first kappa shape index (κ1) is 16.7. The highest BCUT2D eigenvalue weighted by molar-refractivity contribution is 5.90. The largest absolute Gasteiger partial charge is 0.370 e. The highest BCUT2D eigenvalue weighted by atomic mass is 16.3. The summed E-state index contributed by atoms with van der Waals surface area (Å²) in [4.78, 5) is 24.3. The molecular weight excluding hydrogens is 256 g/mol. The zero-order valence-electron chi connectivity index (χ0n) is 12.7. The van der Waals surface area contributed by atoms with Crippen LogP contribution in [0.1, 0.15) is 46.5 Å². The molecule has 1 aliphatic heterocycles. The van der Waals surface area contributed by atoms with Crippen molar-refractivity contribution < 1.29 is 14.7 Å². The van der Waals surface area contributed by atoms with Gasteiger partial charge in [0.25, 0.3) is 0 Å². The molecule has 1 aliphatic rings. The van der Waals surface area contributed by atoms with Crippen molar-refractivity contribution in [1.29, 1.82) is 0 Å². The maximum atomic E-state index is 11.6. The molecule has 0 radical (unpaired) electrons. The third kappa shape index (κ3) is 6.19. The zero-order chi connectivity index (χ0) is 15.2. The summed E-state index contributed by atoms with van der Waals surface area (Å²) >= 11 is 0. The van der Waals surface area contributed by atoms with Crippen molar-refractivity contribution in [1.82, 2.24) is 10.2 Å². The molecule has 0 aromatic carbocycles. The Morgan fingerprint density at radius 3 is 2.65 bits per heavy atom. The van der Waals surface area contributed by atoms with E-state index >= 15 is 0 Å². The summed E-state index contributed by atoms with van der Waals surface area (Å²) in [7, 11) is 0. The second kappa shape index (κ2) is 7.43. The van der Waals surface area contributed by atoms with Crippen LogP contribution in [0.4, 0.5) is 0 Å². The van der Waals surface area contributed by atoms with Crippen molar-refractivity contribution in [2.24, 2.45) is 5.41 Å². The lowest BCUT2D eigenvalue weighted by molar-refractivity contribution is -0.130. The van der Waals surface area contributed by atoms with E-state index in [1.165, 1.54) is 17.1 Å². The number of nitrogens with zero attached hydrogens (tertiary/aromatic N) is 1. The summed E-state index contributed by atoms with van der Waals surface area (Å²) in [5, 5.41) is 12.4. The van der Waals surface area contributed by atoms with Gasteiger partial charge in [-0.25, -0.2) is 0 Å². The van der Waals surface area contributed by atoms with Gasteiger partial charge in [0.1, 0.15) is 6.23 Å². The molecule has 0 saturated heterocycles. The second-order valence-electron chi connectivity index (χ2n) is 6.42. The molecule has 2 N–H and O–H groups in total. The monoisotopic (exact) mass is 282 g/mol. The zero-order valence-corrected chi connectivity index (χ0v) is 12.7. The molecule has 1 atom stereocenters. The van der Waals surface area contributed by atoms with E-state index in [0.29, 0.717) is 19.5 Å². The molecule has 0 saturated carbocycles. The predicted octanol–water partition coefficient (Wildman–Crippen LogP) is 1.43. The minimum Gasteiger partial charge on any atom is -0.370 e. The van der Waals surface area contributed by atoms with Crippen molar-refractivity contribution in [3.8, 4) is 0 Å². The average Bonchev–Trinajstić information content (AvgIpc) is 2.64. The van der Waals surface area contributed by atoms with Crippen molar-refractivity contribution in [2.75, 3.05) is 13.1 Å². The van der Waals surface area contributed by atoms with Crippen molar-refractivity contribution in [3.05, 3.63) is 12.2 Å². The quantitative estimate of drug-likeness (QED) is 0.694. The average molecular weight is 282 g/mol. The lowest BCUT2D eigenvalue weighted by Crippen LogP contribution is -2.34. The normalized spacial score (nSPS) is 18.7. The first-order valence-electron chi connectivity index (χ1n) is 7.23. The smallest absolute Gasteiger partial charge is 0.248 e. The van der Waals surface area contributed by atoms with Gasteiger partial charge in [-0.3, -0.25) is 9.59 Å². The van der Waals surface area contributed by atoms with Crippen molar-refractivity contribution in [2.45, 2.75) is 52.7 Å². The number of carbonyl (C=O) groups excluding carboxylic acids is 2. The number of hydrogen-bond acceptors (Lipinski definition) is 3. The van der Waals surface area contributed by atoms with Gasteiger partial charge in [-0.2, -0.15) is 0 Å². The molecule has 1 heterocycles. The summed E-state index contributed by atoms with van der Waals surface area (Å²) in [6.07, 6.45) is 4.91. The number of unbranched alkanes of at least 4 members (excludes halogenated alkanes) is 1. The Labute approximate surface area is 121 Å². The molecule has 0 aromatic heterocycles. The minimum absolute atomic E-state index is 0.0562. The number of amides is 2. The summed E-state index contributed by atoms with van der Waals surface area (Å²) in [6.45, 7) is 7.63. The Morgan fingerprint density at radius 1 is 1.40 bits per heavy atom. The first-order valence-corrected chi connectivity index (χ1v) is 7.23. The van der Waals surface area contributed by atoms with E-state index in [1.807, 2.05) is 0 Å². The molecule has 114 valence electrons. The lowest BCUT2D eigenvalue weighted by atomic mass is 9.92. The van der Waals surface area contributed by atoms with Gasteiger partial charge in [0.05, 0.1) is 0 Å². The van der Waals surface area contributed by atoms with Gasteiger partial charge < -0.3 is 15.3 Å². The highest BCUT2D eigenvalue weighted by Crippen LogP contribution is 2.17. The Hall–Kier alpha value is -1.36. The summed E-state index contributed by atoms with van der Waals surface area (Å²) < 4.78 is 0. The van der Waals surface area contributed by atoms with Crippen LogP contribution in [0, 0.1) is 5.41 Å². The molecular formula is C15H26N2O3. The van der Waals surface area contributed by atoms with Gasteiger partial charge >= 0.3 is 0 Å². The number of carbonyl (C=O) groups is 2. The van der Waals surface area contributed by atoms with E-state index in [-0.39, 0.29) is 17.2 Å². The molecule has 2 amide bonds. The van der Waals surface area contributed by atoms with Crippen LogP contribution >= 0.6 is 0 Å². The highest BCUT2D eigenvalue weighted by Gasteiger charge is 2.22. The van der Waals surface area contributed by atoms with Crippen LogP contribution < -0.4 is 5.32 Å². The Bertz CT molecular complexity index is 372. The third-order valence-corrected chi connectivity index (χ3v) is 3.26. The van der Waals surface area contributed by atoms with Crippen LogP contribution in [0.2, 0.25) is 0 Å². The Kier molecular flexibility index (Phi) is 6.20. The molecule has 1 unspecified atom stereocenters. The third-order valence-electron chi connectivity index (χ3n) is 3.26. The van der Waals surface area contributed by atoms with Crippen LogP contribution in [-0.4, -0.2) is 41.1 Å². The minimum atomic E-state index is -0.803. The van der Waals surface area contributed by atoms with Crippen molar-refractivity contribution >= 4 is 11.8 Å². The van der Waals surface area contributed by atoms with E-state index in [1.54, 1.807) is 0 Å². The molecule has 0 spiro atoms. The molecule has 5 heteroatoms. The maximum Gasteiger partial charge on any atom is 0.248 e. The first-order chi connectivity index (χ1) is 9.29. The number of nitrogens with one attached hydrogen (secondary N) is 1. The fourth-order valence-electron chi connectivity index (χ4n) is 1.97. The van der Waals surface area contributed by atoms with Gasteiger partial charge in [-0.05, 0) is 30.8 Å². The van der Waals surface area contributed by atoms with Crippen LogP contribution in [0.25, 0.3) is 0 Å². The lowest BCUT2D eigenvalue weighted by Gasteiger charge is -2.20. The van der Waals surface area contributed by atoms with Crippen LogP contribution in [-0.2, 0) is 9.59 Å². The van der Waals surface area contributed by atoms with Gasteiger partial charge in [0.2, 0.25) is 11.8 Å². The van der Waals surface area contributed by atoms with E-state index in [2.05, 4.69) is 26.1 Å². The maximum absolute atomic E-state index is 11.6. The van der Waals surface area contributed by atoms with E-state index in [4.69, 9.17) is 0 Å². The molecule has 0 aromatic rings. The van der Waals surface area contributed by atoms with Gasteiger partial charge in [-0.15, -0.1) is 0 Å². The molecule has 0 bridgehead atoms. The van der Waals surface area contributed by atoms with E-state index < -0.39 is 6.23 Å². The van der Waals surface area contributed by atoms with Crippen LogP contribution in [0.3, 0.4) is 0 Å². The number of aliphatic hydroxyl groups is 1. The fraction of sp³-hybridized carbons (Fsp3) is 0.733. The SMILES string of the molecule is CC(C)(C)CCNC(=O)CCCCN1C(=O)C=CC1O. The molecule has 1 rings (SSSR count). The number of aliphatic hydroxyl groups excluding tert-OH is 1. The molecule has 5 nitrogen and oxygen atoms in total. The molecule has 20 heavy (non-hydrogen) atoms. The van der Waals surface area contributed by atoms with Crippen LogP contribution in [0.5, 0.6) is 0 Å². The number of rotatable bonds is 7. The predicted molar refractivity (Wildman–Crippen MR) is 77.8 cm³/mol. The van der Waals surface area contributed by atoms with Crippen LogP contribution in [0.15, 0.2) is 12.2 Å². The summed E-state index contributed by atoms with van der Waals surface area (Å²) in [6, 6.07) is 0.